The Morgan fingerprint density at radius 1 is 1.28 bits per heavy atom. The second-order valence-corrected chi connectivity index (χ2v) is 8.69. The van der Waals surface area contributed by atoms with Gasteiger partial charge in [-0.25, -0.2) is 24.1 Å². The monoisotopic (exact) mass is 453 g/mol. The van der Waals surface area contributed by atoms with Gasteiger partial charge in [-0.2, -0.15) is 4.31 Å². The van der Waals surface area contributed by atoms with Crippen LogP contribution < -0.4 is 5.73 Å². The number of aliphatic hydroxyl groups is 2. The standard InChI is InChI=1S/C12H17N5O10P2/c1-2-6-16-7-10(13)14-4-15-11(7)17(6)12-9(19)8(18)5(26-12)3-25-29(23,24)27-28(20,21)22/h2,4-5,8-9,12,18-19H,1,3H2,(H,23,24)(H2,13,14,15)(H2,20,21,22)/t5-,8-,9-,12-/m1/s1. The maximum Gasteiger partial charge on any atom is 0.481 e. The Labute approximate surface area is 162 Å². The molecule has 160 valence electrons. The molecule has 17 heteroatoms. The van der Waals surface area contributed by atoms with E-state index in [1.807, 2.05) is 0 Å². The van der Waals surface area contributed by atoms with Crippen molar-refractivity contribution in [2.24, 2.45) is 0 Å². The van der Waals surface area contributed by atoms with E-state index >= 15 is 0 Å². The van der Waals surface area contributed by atoms with E-state index in [1.54, 1.807) is 0 Å². The lowest BCUT2D eigenvalue weighted by Crippen LogP contribution is -2.33. The Hall–Kier alpha value is -1.77. The summed E-state index contributed by atoms with van der Waals surface area (Å²) < 4.78 is 37.1. The zero-order chi connectivity index (χ0) is 21.6. The van der Waals surface area contributed by atoms with Crippen LogP contribution in [-0.4, -0.2) is 69.3 Å². The van der Waals surface area contributed by atoms with Crippen molar-refractivity contribution in [1.29, 1.82) is 0 Å². The zero-order valence-corrected chi connectivity index (χ0v) is 16.2. The highest BCUT2D eigenvalue weighted by atomic mass is 31.3. The summed E-state index contributed by atoms with van der Waals surface area (Å²) in [6.07, 6.45) is -3.33. The van der Waals surface area contributed by atoms with Crippen molar-refractivity contribution in [3.63, 3.8) is 0 Å². The second kappa shape index (κ2) is 7.81. The first-order chi connectivity index (χ1) is 13.4. The molecule has 7 N–H and O–H groups in total. The molecular formula is C12H17N5O10P2. The molecule has 0 saturated carbocycles. The molecule has 0 amide bonds. The largest absolute Gasteiger partial charge is 0.481 e. The van der Waals surface area contributed by atoms with Gasteiger partial charge in [0.15, 0.2) is 23.2 Å². The van der Waals surface area contributed by atoms with Gasteiger partial charge < -0.3 is 35.4 Å². The Balaban J connectivity index is 1.85. The Morgan fingerprint density at radius 2 is 1.97 bits per heavy atom. The Kier molecular flexibility index (Phi) is 5.91. The lowest BCUT2D eigenvalue weighted by molar-refractivity contribution is -0.0505. The fourth-order valence-corrected chi connectivity index (χ4v) is 4.34. The van der Waals surface area contributed by atoms with Crippen molar-refractivity contribution >= 4 is 38.7 Å². The van der Waals surface area contributed by atoms with Crippen LogP contribution in [0.2, 0.25) is 0 Å². The number of rotatable bonds is 7. The number of hydrogen-bond donors (Lipinski definition) is 6. The number of fused-ring (bicyclic) bond motifs is 1. The summed E-state index contributed by atoms with van der Waals surface area (Å²) in [5.74, 6) is 0.239. The summed E-state index contributed by atoms with van der Waals surface area (Å²) in [4.78, 5) is 38.6. The third kappa shape index (κ3) is 4.54. The number of nitrogens with two attached hydrogens (primary N) is 1. The van der Waals surface area contributed by atoms with Crippen molar-refractivity contribution in [2.45, 2.75) is 24.5 Å². The van der Waals surface area contributed by atoms with Crippen molar-refractivity contribution in [1.82, 2.24) is 19.5 Å². The van der Waals surface area contributed by atoms with Crippen LogP contribution in [0.4, 0.5) is 5.82 Å². The topological polar surface area (TPSA) is 233 Å². The van der Waals surface area contributed by atoms with E-state index in [4.69, 9.17) is 20.3 Å². The van der Waals surface area contributed by atoms with Gasteiger partial charge in [-0.3, -0.25) is 9.09 Å². The van der Waals surface area contributed by atoms with Crippen molar-refractivity contribution in [2.75, 3.05) is 12.3 Å². The van der Waals surface area contributed by atoms with Crippen LogP contribution in [0.25, 0.3) is 17.2 Å². The van der Waals surface area contributed by atoms with Gasteiger partial charge in [-0.05, 0) is 6.08 Å². The highest BCUT2D eigenvalue weighted by molar-refractivity contribution is 7.60. The van der Waals surface area contributed by atoms with Crippen LogP contribution in [-0.2, 0) is 22.7 Å². The summed E-state index contributed by atoms with van der Waals surface area (Å²) in [7, 11) is -10.5. The number of aliphatic hydroxyl groups excluding tert-OH is 2. The minimum atomic E-state index is -5.31. The van der Waals surface area contributed by atoms with Crippen LogP contribution in [0, 0.1) is 0 Å². The van der Waals surface area contributed by atoms with Crippen molar-refractivity contribution in [3.05, 3.63) is 18.7 Å². The number of nitrogens with zero attached hydrogens (tertiary/aromatic N) is 4. The van der Waals surface area contributed by atoms with Crippen LogP contribution >= 0.6 is 15.6 Å². The molecule has 0 radical (unpaired) electrons. The minimum Gasteiger partial charge on any atom is -0.387 e. The van der Waals surface area contributed by atoms with E-state index in [2.05, 4.69) is 30.4 Å². The minimum absolute atomic E-state index is 0.0561. The first-order valence-electron chi connectivity index (χ1n) is 7.80. The number of aromatic nitrogens is 4. The van der Waals surface area contributed by atoms with Gasteiger partial charge in [0.1, 0.15) is 30.5 Å². The summed E-state index contributed by atoms with van der Waals surface area (Å²) >= 11 is 0. The van der Waals surface area contributed by atoms with Gasteiger partial charge >= 0.3 is 15.6 Å². The molecule has 3 rings (SSSR count). The van der Waals surface area contributed by atoms with E-state index < -0.39 is 46.8 Å². The van der Waals surface area contributed by atoms with Gasteiger partial charge in [0, 0.05) is 0 Å². The first-order valence-corrected chi connectivity index (χ1v) is 10.8. The predicted octanol–water partition coefficient (Wildman–Crippen LogP) is -1.10. The van der Waals surface area contributed by atoms with Gasteiger partial charge in [0.05, 0.1) is 6.61 Å². The number of imidazole rings is 1. The number of nitrogen functional groups attached to an aromatic ring is 1. The zero-order valence-electron chi connectivity index (χ0n) is 14.4. The van der Waals surface area contributed by atoms with Crippen molar-refractivity contribution in [3.8, 4) is 0 Å². The Bertz CT molecular complexity index is 1020. The van der Waals surface area contributed by atoms with E-state index in [0.29, 0.717) is 0 Å². The highest BCUT2D eigenvalue weighted by Crippen LogP contribution is 2.57. The molecule has 0 aliphatic carbocycles. The molecule has 1 saturated heterocycles. The molecule has 0 aromatic carbocycles. The van der Waals surface area contributed by atoms with Gasteiger partial charge in [-0.15, -0.1) is 0 Å². The normalized spacial score (nSPS) is 27.2. The summed E-state index contributed by atoms with van der Waals surface area (Å²) in [5, 5.41) is 20.6. The molecule has 1 fully saturated rings. The quantitative estimate of drug-likeness (QED) is 0.273. The second-order valence-electron chi connectivity index (χ2n) is 5.86. The number of phosphoric ester groups is 1. The molecule has 1 aliphatic rings. The third-order valence-corrected chi connectivity index (χ3v) is 6.07. The summed E-state index contributed by atoms with van der Waals surface area (Å²) in [6.45, 7) is 2.76. The maximum atomic E-state index is 11.6. The Morgan fingerprint density at radius 3 is 2.59 bits per heavy atom. The third-order valence-electron chi connectivity index (χ3n) is 3.92. The first kappa shape index (κ1) is 21.9. The van der Waals surface area contributed by atoms with Crippen LogP contribution in [0.1, 0.15) is 12.1 Å². The number of ether oxygens (including phenoxy) is 1. The molecular weight excluding hydrogens is 436 g/mol. The molecule has 1 aliphatic heterocycles. The lowest BCUT2D eigenvalue weighted by atomic mass is 10.1. The molecule has 2 aromatic heterocycles. The lowest BCUT2D eigenvalue weighted by Gasteiger charge is -2.18. The molecule has 29 heavy (non-hydrogen) atoms. The highest BCUT2D eigenvalue weighted by Gasteiger charge is 2.46. The number of phosphoric acid groups is 2. The van der Waals surface area contributed by atoms with Gasteiger partial charge in [0.25, 0.3) is 0 Å². The molecule has 0 spiro atoms. The van der Waals surface area contributed by atoms with E-state index in [0.717, 1.165) is 6.33 Å². The predicted molar refractivity (Wildman–Crippen MR) is 94.7 cm³/mol. The average molecular weight is 453 g/mol. The molecule has 1 unspecified atom stereocenters. The number of anilines is 1. The summed E-state index contributed by atoms with van der Waals surface area (Å²) in [5.41, 5.74) is 6.12. The summed E-state index contributed by atoms with van der Waals surface area (Å²) in [6, 6.07) is 0. The van der Waals surface area contributed by atoms with Crippen LogP contribution in [0.3, 0.4) is 0 Å². The smallest absolute Gasteiger partial charge is 0.387 e. The molecule has 3 heterocycles. The van der Waals surface area contributed by atoms with E-state index in [1.165, 1.54) is 10.6 Å². The molecule has 15 nitrogen and oxygen atoms in total. The average Bonchev–Trinajstić information content (AvgIpc) is 3.10. The fourth-order valence-electron chi connectivity index (χ4n) is 2.74. The molecule has 5 atom stereocenters. The fraction of sp³-hybridized carbons (Fsp3) is 0.417. The van der Waals surface area contributed by atoms with Gasteiger partial charge in [0.2, 0.25) is 0 Å². The molecule has 2 aromatic rings. The number of hydrogen-bond acceptors (Lipinski definition) is 11. The molecule has 0 bridgehead atoms. The van der Waals surface area contributed by atoms with E-state index in [-0.39, 0.29) is 22.8 Å². The SMILES string of the molecule is C=Cc1nc2c(N)ncnc2n1[C@@H]1O[C@H](COP(=O)(O)OP(=O)(O)O)[C@@H](O)[C@H]1O. The van der Waals surface area contributed by atoms with Crippen LogP contribution in [0.15, 0.2) is 12.9 Å². The maximum absolute atomic E-state index is 11.6. The van der Waals surface area contributed by atoms with Crippen LogP contribution in [0.5, 0.6) is 0 Å². The van der Waals surface area contributed by atoms with Gasteiger partial charge in [-0.1, -0.05) is 6.58 Å². The van der Waals surface area contributed by atoms with Crippen molar-refractivity contribution < 1.29 is 47.6 Å². The van der Waals surface area contributed by atoms with E-state index in [9.17, 15) is 24.2 Å².